The molecule has 1 aliphatic carbocycles. The number of pyridine rings is 1. The summed E-state index contributed by atoms with van der Waals surface area (Å²) in [6.45, 7) is -1.65. The number of nitrogens with two attached hydrogens (primary N) is 1. The number of carbonyl (C=O) groups excluding carboxylic acids is 1. The second kappa shape index (κ2) is 7.54. The molecule has 5 nitrogen and oxygen atoms in total. The standard InChI is InChI=1S/C20H17Cl2F2N3O2/c21-12-5-11(7-23)18(26-8-12)16(28)4-10-1-2-15(22)13(3-10)20(9-24)14-6-17(14)29-19(25)27-20/h1-3,5,8,14,17H,4,6-7,9H2,(H2,25,27)/t14-,17+,20+/m0/s1. The van der Waals surface area contributed by atoms with E-state index in [4.69, 9.17) is 33.7 Å². The Kier molecular flexibility index (Phi) is 5.21. The van der Waals surface area contributed by atoms with Crippen LogP contribution in [0.5, 0.6) is 0 Å². The highest BCUT2D eigenvalue weighted by Gasteiger charge is 2.59. The van der Waals surface area contributed by atoms with Gasteiger partial charge in [0.2, 0.25) is 0 Å². The van der Waals surface area contributed by atoms with E-state index in [1.807, 2.05) is 0 Å². The van der Waals surface area contributed by atoms with Crippen LogP contribution in [0.15, 0.2) is 35.5 Å². The average molecular weight is 440 g/mol. The number of ether oxygens (including phenoxy) is 1. The van der Waals surface area contributed by atoms with Crippen LogP contribution in [0.2, 0.25) is 10.0 Å². The maximum atomic E-state index is 14.2. The summed E-state index contributed by atoms with van der Waals surface area (Å²) in [5.41, 5.74) is 5.69. The second-order valence-corrected chi connectivity index (χ2v) is 8.06. The molecule has 1 aromatic carbocycles. The summed E-state index contributed by atoms with van der Waals surface area (Å²) in [4.78, 5) is 20.9. The molecule has 9 heteroatoms. The van der Waals surface area contributed by atoms with E-state index in [0.717, 1.165) is 0 Å². The summed E-state index contributed by atoms with van der Waals surface area (Å²) in [5, 5.41) is 0.582. The maximum Gasteiger partial charge on any atom is 0.283 e. The fourth-order valence-corrected chi connectivity index (χ4v) is 4.31. The van der Waals surface area contributed by atoms with E-state index in [-0.39, 0.29) is 46.5 Å². The van der Waals surface area contributed by atoms with Crippen molar-refractivity contribution in [3.05, 3.63) is 62.9 Å². The van der Waals surface area contributed by atoms with Crippen molar-refractivity contribution in [1.29, 1.82) is 0 Å². The van der Waals surface area contributed by atoms with E-state index in [2.05, 4.69) is 9.98 Å². The van der Waals surface area contributed by atoms with Crippen molar-refractivity contribution in [3.8, 4) is 0 Å². The van der Waals surface area contributed by atoms with Gasteiger partial charge in [0.1, 0.15) is 30.7 Å². The number of alkyl halides is 2. The highest BCUT2D eigenvalue weighted by molar-refractivity contribution is 6.31. The molecule has 2 N–H and O–H groups in total. The predicted octanol–water partition coefficient (Wildman–Crippen LogP) is 4.18. The lowest BCUT2D eigenvalue weighted by molar-refractivity contribution is 0.0986. The number of rotatable bonds is 6. The molecule has 29 heavy (non-hydrogen) atoms. The number of hydrogen-bond donors (Lipinski definition) is 1. The van der Waals surface area contributed by atoms with Crippen LogP contribution in [0.25, 0.3) is 0 Å². The number of benzene rings is 1. The molecule has 0 bridgehead atoms. The molecule has 1 aliphatic heterocycles. The van der Waals surface area contributed by atoms with Gasteiger partial charge in [-0.25, -0.2) is 13.8 Å². The Morgan fingerprint density at radius 2 is 2.10 bits per heavy atom. The van der Waals surface area contributed by atoms with E-state index in [1.54, 1.807) is 18.2 Å². The zero-order chi connectivity index (χ0) is 20.8. The topological polar surface area (TPSA) is 77.6 Å². The molecule has 0 amide bonds. The van der Waals surface area contributed by atoms with Gasteiger partial charge in [-0.15, -0.1) is 0 Å². The van der Waals surface area contributed by atoms with Crippen LogP contribution in [0, 0.1) is 5.92 Å². The lowest BCUT2D eigenvalue weighted by Gasteiger charge is -2.32. The van der Waals surface area contributed by atoms with Crippen LogP contribution >= 0.6 is 23.2 Å². The summed E-state index contributed by atoms with van der Waals surface area (Å²) in [5.74, 6) is -0.546. The largest absolute Gasteiger partial charge is 0.462 e. The normalized spacial score (nSPS) is 25.0. The number of halogens is 4. The molecule has 2 aliphatic rings. The molecule has 2 aromatic rings. The minimum Gasteiger partial charge on any atom is -0.462 e. The third-order valence-corrected chi connectivity index (χ3v) is 5.87. The lowest BCUT2D eigenvalue weighted by atomic mass is 9.84. The van der Waals surface area contributed by atoms with Crippen molar-refractivity contribution in [1.82, 2.24) is 4.98 Å². The maximum absolute atomic E-state index is 14.2. The Bertz CT molecular complexity index is 1020. The molecule has 2 heterocycles. The zero-order valence-electron chi connectivity index (χ0n) is 15.2. The van der Waals surface area contributed by atoms with Crippen LogP contribution in [-0.2, 0) is 23.4 Å². The smallest absolute Gasteiger partial charge is 0.283 e. The third-order valence-electron chi connectivity index (χ3n) is 5.33. The summed E-state index contributed by atoms with van der Waals surface area (Å²) in [6.07, 6.45) is 1.68. The number of nitrogens with zero attached hydrogens (tertiary/aromatic N) is 2. The van der Waals surface area contributed by atoms with Crippen LogP contribution in [-0.4, -0.2) is 29.6 Å². The lowest BCUT2D eigenvalue weighted by Crippen LogP contribution is -2.39. The number of fused-ring (bicyclic) bond motifs is 1. The van der Waals surface area contributed by atoms with E-state index < -0.39 is 18.9 Å². The molecule has 152 valence electrons. The molecule has 0 radical (unpaired) electrons. The van der Waals surface area contributed by atoms with E-state index >= 15 is 0 Å². The predicted molar refractivity (Wildman–Crippen MR) is 106 cm³/mol. The minimum atomic E-state index is -1.23. The molecular weight excluding hydrogens is 423 g/mol. The van der Waals surface area contributed by atoms with Crippen molar-refractivity contribution in [2.24, 2.45) is 16.6 Å². The SMILES string of the molecule is NC1=N[C@](CF)(c2cc(CC(=O)c3ncc(Cl)cc3CF)ccc2Cl)[C@H]2C[C@H]2O1. The van der Waals surface area contributed by atoms with E-state index in [9.17, 15) is 13.6 Å². The summed E-state index contributed by atoms with van der Waals surface area (Å²) < 4.78 is 32.9. The first-order valence-corrected chi connectivity index (χ1v) is 9.74. The molecule has 0 spiro atoms. The van der Waals surface area contributed by atoms with Crippen molar-refractivity contribution in [2.75, 3.05) is 6.67 Å². The van der Waals surface area contributed by atoms with Gasteiger partial charge >= 0.3 is 0 Å². The molecule has 3 atom stereocenters. The number of ketones is 1. The number of aliphatic imine (C=N–C) groups is 1. The number of hydrogen-bond acceptors (Lipinski definition) is 5. The van der Waals surface area contributed by atoms with E-state index in [1.165, 1.54) is 12.3 Å². The Morgan fingerprint density at radius 1 is 1.31 bits per heavy atom. The Labute approximate surface area is 175 Å². The quantitative estimate of drug-likeness (QED) is 0.684. The Hall–Kier alpha value is -2.25. The number of Topliss-reactive ketones (excluding diaryl/α,β-unsaturated/α-hetero) is 1. The number of carbonyl (C=O) groups is 1. The van der Waals surface area contributed by atoms with Gasteiger partial charge in [0.25, 0.3) is 6.02 Å². The minimum absolute atomic E-state index is 0.0178. The fraction of sp³-hybridized carbons (Fsp3) is 0.350. The van der Waals surface area contributed by atoms with Gasteiger partial charge in [0.05, 0.1) is 5.02 Å². The van der Waals surface area contributed by atoms with Gasteiger partial charge in [-0.1, -0.05) is 35.3 Å². The highest BCUT2D eigenvalue weighted by Crippen LogP contribution is 2.54. The zero-order valence-corrected chi connectivity index (χ0v) is 16.7. The third kappa shape index (κ3) is 3.57. The molecule has 0 saturated heterocycles. The first kappa shape index (κ1) is 20.0. The number of aromatic nitrogens is 1. The van der Waals surface area contributed by atoms with Gasteiger partial charge in [-0.2, -0.15) is 0 Å². The number of amidine groups is 1. The fourth-order valence-electron chi connectivity index (χ4n) is 3.84. The Morgan fingerprint density at radius 3 is 2.83 bits per heavy atom. The van der Waals surface area contributed by atoms with Crippen molar-refractivity contribution >= 4 is 35.0 Å². The summed E-state index contributed by atoms with van der Waals surface area (Å²) in [6, 6.07) is 6.22. The van der Waals surface area contributed by atoms with Gasteiger partial charge < -0.3 is 10.5 Å². The average Bonchev–Trinajstić information content (AvgIpc) is 3.48. The van der Waals surface area contributed by atoms with Gasteiger partial charge in [0.15, 0.2) is 5.78 Å². The van der Waals surface area contributed by atoms with Crippen molar-refractivity contribution in [2.45, 2.75) is 31.2 Å². The van der Waals surface area contributed by atoms with E-state index in [0.29, 0.717) is 22.6 Å². The first-order valence-electron chi connectivity index (χ1n) is 8.98. The van der Waals surface area contributed by atoms with Crippen LogP contribution in [0.4, 0.5) is 8.78 Å². The molecule has 4 rings (SSSR count). The van der Waals surface area contributed by atoms with Gasteiger partial charge in [-0.05, 0) is 24.1 Å². The second-order valence-electron chi connectivity index (χ2n) is 7.22. The van der Waals surface area contributed by atoms with Crippen molar-refractivity contribution < 1.29 is 18.3 Å². The summed E-state index contributed by atoms with van der Waals surface area (Å²) >= 11 is 12.2. The summed E-state index contributed by atoms with van der Waals surface area (Å²) in [7, 11) is 0. The molecule has 1 fully saturated rings. The van der Waals surface area contributed by atoms with Crippen LogP contribution in [0.1, 0.15) is 33.6 Å². The van der Waals surface area contributed by atoms with Crippen LogP contribution < -0.4 is 5.73 Å². The Balaban J connectivity index is 1.68. The van der Waals surface area contributed by atoms with Crippen molar-refractivity contribution in [3.63, 3.8) is 0 Å². The molecular formula is C20H17Cl2F2N3O2. The molecule has 1 saturated carbocycles. The van der Waals surface area contributed by atoms with Gasteiger partial charge in [0, 0.05) is 34.7 Å². The monoisotopic (exact) mass is 439 g/mol. The highest BCUT2D eigenvalue weighted by atomic mass is 35.5. The molecule has 0 unspecified atom stereocenters. The first-order chi connectivity index (χ1) is 13.9. The molecule has 1 aromatic heterocycles. The van der Waals surface area contributed by atoms with Gasteiger partial charge in [-0.3, -0.25) is 9.78 Å². The van der Waals surface area contributed by atoms with Crippen LogP contribution in [0.3, 0.4) is 0 Å².